The van der Waals surface area contributed by atoms with Gasteiger partial charge in [0.15, 0.2) is 0 Å². The zero-order valence-corrected chi connectivity index (χ0v) is 9.36. The molecule has 1 radical (unpaired) electrons. The van der Waals surface area contributed by atoms with Crippen molar-refractivity contribution >= 4 is 17.6 Å². The van der Waals surface area contributed by atoms with Gasteiger partial charge in [0.05, 0.1) is 11.2 Å². The number of nitrogens with zero attached hydrogens (tertiary/aromatic N) is 2. The molecule has 0 bridgehead atoms. The van der Waals surface area contributed by atoms with Gasteiger partial charge in [-0.05, 0) is 23.3 Å². The molecule has 0 atom stereocenters. The standard InChI is InChI=1S/C11H8ClFN3O/c12-9-4-7(1-2-10(9)13)3-8-5-15-16(6-8)11(14)17/h1-6H,(H2,14,17). The predicted octanol–water partition coefficient (Wildman–Crippen LogP) is 2.20. The minimum Gasteiger partial charge on any atom is -0.350 e. The average molecular weight is 253 g/mol. The lowest BCUT2D eigenvalue weighted by Gasteiger charge is -1.99. The van der Waals surface area contributed by atoms with E-state index in [-0.39, 0.29) is 5.02 Å². The number of rotatable bonds is 2. The number of hydrogen-bond donors (Lipinski definition) is 1. The van der Waals surface area contributed by atoms with Gasteiger partial charge in [0.2, 0.25) is 0 Å². The molecule has 1 aromatic carbocycles. The van der Waals surface area contributed by atoms with Crippen LogP contribution in [0.3, 0.4) is 0 Å². The van der Waals surface area contributed by atoms with Gasteiger partial charge < -0.3 is 5.73 Å². The number of benzene rings is 1. The van der Waals surface area contributed by atoms with Crippen molar-refractivity contribution in [2.24, 2.45) is 5.73 Å². The Balaban J connectivity index is 2.19. The van der Waals surface area contributed by atoms with Gasteiger partial charge in [-0.15, -0.1) is 0 Å². The van der Waals surface area contributed by atoms with Crippen molar-refractivity contribution in [3.05, 3.63) is 59.0 Å². The number of hydrogen-bond acceptors (Lipinski definition) is 2. The van der Waals surface area contributed by atoms with Crippen molar-refractivity contribution in [1.82, 2.24) is 9.78 Å². The molecule has 0 aliphatic carbocycles. The Hall–Kier alpha value is -1.88. The molecule has 1 aromatic heterocycles. The number of carbonyl (C=O) groups excluding carboxylic acids is 1. The average Bonchev–Trinajstić information content (AvgIpc) is 2.72. The van der Waals surface area contributed by atoms with Gasteiger partial charge in [-0.3, -0.25) is 0 Å². The summed E-state index contributed by atoms with van der Waals surface area (Å²) in [5.41, 5.74) is 6.42. The maximum absolute atomic E-state index is 12.9. The van der Waals surface area contributed by atoms with Crippen molar-refractivity contribution in [2.75, 3.05) is 0 Å². The van der Waals surface area contributed by atoms with Crippen LogP contribution < -0.4 is 5.73 Å². The summed E-state index contributed by atoms with van der Waals surface area (Å²) in [4.78, 5) is 10.8. The first-order chi connectivity index (χ1) is 8.06. The first-order valence-corrected chi connectivity index (χ1v) is 5.08. The fourth-order valence-corrected chi connectivity index (χ4v) is 1.52. The predicted molar refractivity (Wildman–Crippen MR) is 61.1 cm³/mol. The van der Waals surface area contributed by atoms with Gasteiger partial charge in [-0.1, -0.05) is 17.7 Å². The summed E-state index contributed by atoms with van der Waals surface area (Å²) in [5, 5.41) is 3.80. The molecular weight excluding hydrogens is 245 g/mol. The molecule has 0 aliphatic rings. The van der Waals surface area contributed by atoms with Crippen LogP contribution in [0.4, 0.5) is 9.18 Å². The number of amides is 1. The lowest BCUT2D eigenvalue weighted by molar-refractivity contribution is 0.247. The van der Waals surface area contributed by atoms with E-state index >= 15 is 0 Å². The molecule has 2 rings (SSSR count). The Morgan fingerprint density at radius 2 is 2.24 bits per heavy atom. The van der Waals surface area contributed by atoms with E-state index in [9.17, 15) is 9.18 Å². The van der Waals surface area contributed by atoms with E-state index in [2.05, 4.69) is 5.10 Å². The molecule has 6 heteroatoms. The molecule has 1 amide bonds. The van der Waals surface area contributed by atoms with E-state index in [4.69, 9.17) is 17.3 Å². The lowest BCUT2D eigenvalue weighted by Crippen LogP contribution is -2.19. The molecule has 0 saturated carbocycles. The van der Waals surface area contributed by atoms with Crippen molar-refractivity contribution < 1.29 is 9.18 Å². The summed E-state index contributed by atoms with van der Waals surface area (Å²) in [6.45, 7) is 0. The molecule has 2 aromatic rings. The third kappa shape index (κ3) is 2.62. The maximum Gasteiger partial charge on any atom is 0.339 e. The molecule has 4 nitrogen and oxygen atoms in total. The highest BCUT2D eigenvalue weighted by Gasteiger charge is 2.06. The molecule has 2 N–H and O–H groups in total. The van der Waals surface area contributed by atoms with E-state index in [1.807, 2.05) is 0 Å². The van der Waals surface area contributed by atoms with Crippen LogP contribution in [0.25, 0.3) is 0 Å². The quantitative estimate of drug-likeness (QED) is 0.891. The van der Waals surface area contributed by atoms with Crippen molar-refractivity contribution in [1.29, 1.82) is 0 Å². The van der Waals surface area contributed by atoms with Crippen LogP contribution in [0, 0.1) is 12.2 Å². The second kappa shape index (κ2) is 4.55. The summed E-state index contributed by atoms with van der Waals surface area (Å²) in [7, 11) is 0. The molecule has 1 heterocycles. The lowest BCUT2D eigenvalue weighted by atomic mass is 10.1. The summed E-state index contributed by atoms with van der Waals surface area (Å²) in [5.74, 6) is -0.475. The number of primary amides is 1. The third-order valence-corrected chi connectivity index (χ3v) is 2.40. The molecule has 0 aliphatic heterocycles. The van der Waals surface area contributed by atoms with Crippen LogP contribution in [-0.2, 0) is 0 Å². The smallest absolute Gasteiger partial charge is 0.339 e. The van der Waals surface area contributed by atoms with Crippen LogP contribution >= 0.6 is 11.6 Å². The molecule has 17 heavy (non-hydrogen) atoms. The molecule has 0 fully saturated rings. The van der Waals surface area contributed by atoms with Gasteiger partial charge in [0.1, 0.15) is 5.82 Å². The van der Waals surface area contributed by atoms with E-state index in [0.717, 1.165) is 4.68 Å². The SMILES string of the molecule is NC(=O)n1cc([CH]c2ccc(F)c(Cl)c2)cn1. The van der Waals surface area contributed by atoms with Crippen LogP contribution in [-0.4, -0.2) is 15.8 Å². The first-order valence-electron chi connectivity index (χ1n) is 4.70. The fraction of sp³-hybridized carbons (Fsp3) is 0. The monoisotopic (exact) mass is 252 g/mol. The van der Waals surface area contributed by atoms with Gasteiger partial charge in [-0.2, -0.15) is 9.78 Å². The Kier molecular flexibility index (Phi) is 3.10. The maximum atomic E-state index is 12.9. The van der Waals surface area contributed by atoms with Gasteiger partial charge in [0, 0.05) is 12.6 Å². The van der Waals surface area contributed by atoms with Gasteiger partial charge >= 0.3 is 6.03 Å². The Morgan fingerprint density at radius 3 is 2.82 bits per heavy atom. The van der Waals surface area contributed by atoms with E-state index < -0.39 is 11.8 Å². The summed E-state index contributed by atoms with van der Waals surface area (Å²) < 4.78 is 13.9. The van der Waals surface area contributed by atoms with Crippen molar-refractivity contribution in [3.8, 4) is 0 Å². The van der Waals surface area contributed by atoms with E-state index in [1.165, 1.54) is 24.5 Å². The van der Waals surface area contributed by atoms with E-state index in [1.54, 1.807) is 12.5 Å². The Morgan fingerprint density at radius 1 is 1.47 bits per heavy atom. The second-order valence-corrected chi connectivity index (χ2v) is 3.78. The first kappa shape index (κ1) is 11.6. The number of halogens is 2. The Labute approximate surface area is 102 Å². The van der Waals surface area contributed by atoms with Crippen LogP contribution in [0.2, 0.25) is 5.02 Å². The third-order valence-electron chi connectivity index (χ3n) is 2.11. The normalized spacial score (nSPS) is 10.5. The molecular formula is C11H8ClFN3O. The number of carbonyl (C=O) groups is 1. The molecule has 0 unspecified atom stereocenters. The highest BCUT2D eigenvalue weighted by molar-refractivity contribution is 6.30. The highest BCUT2D eigenvalue weighted by Crippen LogP contribution is 2.19. The van der Waals surface area contributed by atoms with Crippen molar-refractivity contribution in [2.45, 2.75) is 0 Å². The zero-order valence-electron chi connectivity index (χ0n) is 8.60. The summed E-state index contributed by atoms with van der Waals surface area (Å²) in [6, 6.07) is 3.66. The minimum atomic E-state index is -0.665. The van der Waals surface area contributed by atoms with Crippen LogP contribution in [0.5, 0.6) is 0 Å². The zero-order chi connectivity index (χ0) is 12.4. The fourth-order valence-electron chi connectivity index (χ4n) is 1.33. The van der Waals surface area contributed by atoms with Crippen LogP contribution in [0.1, 0.15) is 11.1 Å². The second-order valence-electron chi connectivity index (χ2n) is 3.37. The van der Waals surface area contributed by atoms with Gasteiger partial charge in [0.25, 0.3) is 0 Å². The molecule has 87 valence electrons. The Bertz CT molecular complexity index is 568. The van der Waals surface area contributed by atoms with Crippen LogP contribution in [0.15, 0.2) is 30.6 Å². The highest BCUT2D eigenvalue weighted by atomic mass is 35.5. The number of aromatic nitrogens is 2. The largest absolute Gasteiger partial charge is 0.350 e. The van der Waals surface area contributed by atoms with E-state index in [0.29, 0.717) is 11.1 Å². The minimum absolute atomic E-state index is 0.0426. The summed E-state index contributed by atoms with van der Waals surface area (Å²) >= 11 is 5.65. The topological polar surface area (TPSA) is 60.9 Å². The molecule has 0 spiro atoms. The number of nitrogens with two attached hydrogens (primary N) is 1. The molecule has 0 saturated heterocycles. The van der Waals surface area contributed by atoms with Crippen molar-refractivity contribution in [3.63, 3.8) is 0 Å². The van der Waals surface area contributed by atoms with Gasteiger partial charge in [-0.25, -0.2) is 9.18 Å². The summed E-state index contributed by atoms with van der Waals surface area (Å²) in [6.07, 6.45) is 4.65.